The van der Waals surface area contributed by atoms with E-state index in [4.69, 9.17) is 29.8 Å². The number of terminal acetylenes is 1. The molecule has 36 heavy (non-hydrogen) atoms. The minimum absolute atomic E-state index is 0.0189. The molecule has 0 spiro atoms. The quantitative estimate of drug-likeness (QED) is 0.254. The molecular weight excluding hydrogens is 488 g/mol. The summed E-state index contributed by atoms with van der Waals surface area (Å²) in [6, 6.07) is 7.74. The Labute approximate surface area is 207 Å². The molecule has 0 saturated heterocycles. The number of benzene rings is 2. The first-order valence-electron chi connectivity index (χ1n) is 10.6. The minimum Gasteiger partial charge on any atom is -0.492 e. The van der Waals surface area contributed by atoms with Crippen molar-refractivity contribution in [2.45, 2.75) is 11.8 Å². The summed E-state index contributed by atoms with van der Waals surface area (Å²) < 4.78 is 56.0. The molecule has 2 N–H and O–H groups in total. The SMILES string of the molecule is C#CO/C(=C\C)CNC(=O)/C=C/c1c(NS(=O)(=O)c2cccc3occc23)cc2c(c1OC)OCO2. The van der Waals surface area contributed by atoms with E-state index in [9.17, 15) is 13.2 Å². The highest BCUT2D eigenvalue weighted by Gasteiger charge is 2.27. The molecule has 0 atom stereocenters. The lowest BCUT2D eigenvalue weighted by atomic mass is 10.1. The maximum atomic E-state index is 13.4. The lowest BCUT2D eigenvalue weighted by Gasteiger charge is -2.16. The molecule has 0 radical (unpaired) electrons. The second-order valence-electron chi connectivity index (χ2n) is 7.32. The Kier molecular flexibility index (Phi) is 7.07. The van der Waals surface area contributed by atoms with Crippen LogP contribution in [-0.2, 0) is 19.6 Å². The molecule has 11 heteroatoms. The zero-order valence-corrected chi connectivity index (χ0v) is 20.2. The smallest absolute Gasteiger partial charge is 0.262 e. The van der Waals surface area contributed by atoms with Crippen molar-refractivity contribution in [1.29, 1.82) is 0 Å². The summed E-state index contributed by atoms with van der Waals surface area (Å²) in [5.74, 6) is 0.680. The van der Waals surface area contributed by atoms with Crippen molar-refractivity contribution in [3.8, 4) is 29.8 Å². The standard InChI is InChI=1S/C25H22N2O8S/c1-4-16(32-5-2)14-26-23(28)10-9-17-19(13-21-25(24(17)31-3)35-15-34-21)27-36(29,30)22-8-6-7-20-18(22)11-12-33-20/h2,4,6-13,27H,14-15H2,1,3H3,(H,26,28)/b10-9+,16-4-. The monoisotopic (exact) mass is 510 g/mol. The number of nitrogens with one attached hydrogen (secondary N) is 2. The molecule has 1 amide bonds. The maximum Gasteiger partial charge on any atom is 0.262 e. The lowest BCUT2D eigenvalue weighted by molar-refractivity contribution is -0.116. The van der Waals surface area contributed by atoms with Gasteiger partial charge in [-0.1, -0.05) is 12.5 Å². The molecule has 0 saturated carbocycles. The highest BCUT2D eigenvalue weighted by atomic mass is 32.2. The predicted octanol–water partition coefficient (Wildman–Crippen LogP) is 3.61. The van der Waals surface area contributed by atoms with E-state index in [1.807, 2.05) is 6.11 Å². The first kappa shape index (κ1) is 24.6. The van der Waals surface area contributed by atoms with Crippen LogP contribution in [0, 0.1) is 12.5 Å². The van der Waals surface area contributed by atoms with E-state index in [0.717, 1.165) is 0 Å². The molecule has 1 aromatic heterocycles. The Morgan fingerprint density at radius 1 is 1.28 bits per heavy atom. The average molecular weight is 511 g/mol. The van der Waals surface area contributed by atoms with E-state index in [1.165, 1.54) is 37.7 Å². The number of sulfonamides is 1. The van der Waals surface area contributed by atoms with Gasteiger partial charge < -0.3 is 28.7 Å². The van der Waals surface area contributed by atoms with Gasteiger partial charge in [-0.15, -0.1) is 0 Å². The number of anilines is 1. The van der Waals surface area contributed by atoms with Gasteiger partial charge in [-0.25, -0.2) is 8.42 Å². The van der Waals surface area contributed by atoms with Gasteiger partial charge in [0.15, 0.2) is 11.5 Å². The molecule has 10 nitrogen and oxygen atoms in total. The Balaban J connectivity index is 1.69. The number of rotatable bonds is 9. The molecular formula is C25H22N2O8S. The van der Waals surface area contributed by atoms with Crippen LogP contribution in [0.2, 0.25) is 0 Å². The summed E-state index contributed by atoms with van der Waals surface area (Å²) in [6.07, 6.45) is 12.8. The van der Waals surface area contributed by atoms with Crippen LogP contribution in [0.25, 0.3) is 17.0 Å². The number of carbonyl (C=O) groups is 1. The van der Waals surface area contributed by atoms with Gasteiger partial charge >= 0.3 is 0 Å². The Morgan fingerprint density at radius 2 is 2.11 bits per heavy atom. The van der Waals surface area contributed by atoms with Crippen LogP contribution in [0.5, 0.6) is 17.2 Å². The van der Waals surface area contributed by atoms with Gasteiger partial charge in [-0.2, -0.15) is 0 Å². The Morgan fingerprint density at radius 3 is 2.86 bits per heavy atom. The third kappa shape index (κ3) is 4.94. The van der Waals surface area contributed by atoms with Gasteiger partial charge in [0.05, 0.1) is 30.5 Å². The molecule has 186 valence electrons. The zero-order chi connectivity index (χ0) is 25.7. The third-order valence-electron chi connectivity index (χ3n) is 5.20. The number of amides is 1. The highest BCUT2D eigenvalue weighted by molar-refractivity contribution is 7.93. The molecule has 0 unspecified atom stereocenters. The number of fused-ring (bicyclic) bond motifs is 2. The fourth-order valence-corrected chi connectivity index (χ4v) is 4.83. The van der Waals surface area contributed by atoms with Crippen molar-refractivity contribution in [3.63, 3.8) is 0 Å². The van der Waals surface area contributed by atoms with Crippen LogP contribution >= 0.6 is 0 Å². The molecule has 0 fully saturated rings. The van der Waals surface area contributed by atoms with Crippen LogP contribution in [0.4, 0.5) is 5.69 Å². The number of carbonyl (C=O) groups excluding carboxylic acids is 1. The fourth-order valence-electron chi connectivity index (χ4n) is 3.54. The van der Waals surface area contributed by atoms with Crippen LogP contribution in [0.1, 0.15) is 12.5 Å². The molecule has 0 bridgehead atoms. The summed E-state index contributed by atoms with van der Waals surface area (Å²) >= 11 is 0. The molecule has 1 aliphatic heterocycles. The summed E-state index contributed by atoms with van der Waals surface area (Å²) in [5.41, 5.74) is 0.795. The molecule has 2 heterocycles. The van der Waals surface area contributed by atoms with Gasteiger partial charge in [0.2, 0.25) is 18.4 Å². The van der Waals surface area contributed by atoms with Crippen LogP contribution in [0.15, 0.2) is 63.8 Å². The van der Waals surface area contributed by atoms with Crippen LogP contribution in [0.3, 0.4) is 0 Å². The Hall–Kier alpha value is -4.56. The molecule has 0 aliphatic carbocycles. The van der Waals surface area contributed by atoms with Gasteiger partial charge in [0.1, 0.15) is 17.4 Å². The van der Waals surface area contributed by atoms with Crippen molar-refractivity contribution < 1.29 is 36.6 Å². The first-order chi connectivity index (χ1) is 17.4. The average Bonchev–Trinajstić information content (AvgIpc) is 3.53. The van der Waals surface area contributed by atoms with Crippen molar-refractivity contribution in [2.75, 3.05) is 25.2 Å². The van der Waals surface area contributed by atoms with E-state index in [-0.39, 0.29) is 46.7 Å². The summed E-state index contributed by atoms with van der Waals surface area (Å²) in [7, 11) is -2.69. The predicted molar refractivity (Wildman–Crippen MR) is 132 cm³/mol. The molecule has 1 aliphatic rings. The second kappa shape index (κ2) is 10.4. The largest absolute Gasteiger partial charge is 0.492 e. The lowest BCUT2D eigenvalue weighted by Crippen LogP contribution is -2.23. The number of allylic oxidation sites excluding steroid dienone is 1. The topological polar surface area (TPSA) is 125 Å². The summed E-state index contributed by atoms with van der Waals surface area (Å²) in [6.45, 7) is 1.71. The number of furan rings is 1. The van der Waals surface area contributed by atoms with E-state index < -0.39 is 15.9 Å². The minimum atomic E-state index is -4.08. The summed E-state index contributed by atoms with van der Waals surface area (Å²) in [5, 5.41) is 3.05. The molecule has 3 aromatic rings. The number of hydrogen-bond acceptors (Lipinski definition) is 8. The van der Waals surface area contributed by atoms with E-state index in [1.54, 1.807) is 31.2 Å². The van der Waals surface area contributed by atoms with Gasteiger partial charge in [-0.05, 0) is 37.3 Å². The normalized spacial score (nSPS) is 13.0. The van der Waals surface area contributed by atoms with Crippen molar-refractivity contribution in [1.82, 2.24) is 5.32 Å². The van der Waals surface area contributed by atoms with Gasteiger partial charge in [-0.3, -0.25) is 9.52 Å². The van der Waals surface area contributed by atoms with Gasteiger partial charge in [0.25, 0.3) is 10.0 Å². The Bertz CT molecular complexity index is 1510. The molecule has 2 aromatic carbocycles. The first-order valence-corrected chi connectivity index (χ1v) is 12.1. The van der Waals surface area contributed by atoms with Crippen LogP contribution in [-0.4, -0.2) is 34.8 Å². The van der Waals surface area contributed by atoms with Crippen molar-refractivity contribution in [3.05, 3.63) is 60.1 Å². The second-order valence-corrected chi connectivity index (χ2v) is 8.98. The fraction of sp³-hybridized carbons (Fsp3) is 0.160. The number of ether oxygens (including phenoxy) is 4. The van der Waals surface area contributed by atoms with Crippen molar-refractivity contribution >= 4 is 38.7 Å². The maximum absolute atomic E-state index is 13.4. The number of hydrogen-bond donors (Lipinski definition) is 2. The highest BCUT2D eigenvalue weighted by Crippen LogP contribution is 2.48. The van der Waals surface area contributed by atoms with Gasteiger partial charge in [0, 0.05) is 23.1 Å². The van der Waals surface area contributed by atoms with E-state index >= 15 is 0 Å². The summed E-state index contributed by atoms with van der Waals surface area (Å²) in [4.78, 5) is 12.5. The van der Waals surface area contributed by atoms with Crippen molar-refractivity contribution in [2.24, 2.45) is 0 Å². The zero-order valence-electron chi connectivity index (χ0n) is 19.4. The van der Waals surface area contributed by atoms with Crippen LogP contribution < -0.4 is 24.2 Å². The van der Waals surface area contributed by atoms with E-state index in [2.05, 4.69) is 10.0 Å². The third-order valence-corrected chi connectivity index (χ3v) is 6.63. The van der Waals surface area contributed by atoms with E-state index in [0.29, 0.717) is 16.7 Å². The molecule has 4 rings (SSSR count). The number of methoxy groups -OCH3 is 1.